The number of hydrogen-bond donors (Lipinski definition) is 1. The van der Waals surface area contributed by atoms with Gasteiger partial charge in [0.15, 0.2) is 17.7 Å². The van der Waals surface area contributed by atoms with Crippen molar-refractivity contribution in [3.8, 4) is 0 Å². The van der Waals surface area contributed by atoms with Gasteiger partial charge >= 0.3 is 12.1 Å². The largest absolute Gasteiger partial charge is 0.457 e. The standard InChI is InChI=1S/C43H61N3O11/c1-12-33-43(8)37(46(52-11)41(51)57-43)26(4)34(47)24(2)22-42(7,53-19-15-16-29-21-30-17-13-14-18-31(30)44-23-29)38(27(5)35(48)28(6)39(50)55-33)56-40-36(49)32(45(9)10)20-25(3)54-40/h13-18,21,23-28,32-33,36-38,40,49H,12,19-20,22H2,1-11H3/b16-15+/t24-,25-,26+,27+,28-,32+,33-,36-,37-,38-,40+,42-,43-/m1/s1. The molecule has 0 bridgehead atoms. The third-order valence-electron chi connectivity index (χ3n) is 12.2. The number of aromatic nitrogens is 1. The van der Waals surface area contributed by atoms with Crippen LogP contribution in [0.15, 0.2) is 42.6 Å². The molecule has 0 saturated carbocycles. The van der Waals surface area contributed by atoms with Crippen molar-refractivity contribution in [3.63, 3.8) is 0 Å². The number of carbonyl (C=O) groups excluding carboxylic acids is 4. The number of ether oxygens (including phenoxy) is 5. The van der Waals surface area contributed by atoms with Crippen LogP contribution in [0.4, 0.5) is 4.79 Å². The molecule has 5 rings (SSSR count). The molecule has 2 aromatic rings. The Hall–Kier alpha value is -3.79. The number of hydroxylamine groups is 2. The lowest BCUT2D eigenvalue weighted by Crippen LogP contribution is -2.60. The van der Waals surface area contributed by atoms with Crippen molar-refractivity contribution < 1.29 is 52.8 Å². The number of para-hydroxylation sites is 1. The molecule has 0 radical (unpaired) electrons. The molecule has 0 spiro atoms. The van der Waals surface area contributed by atoms with Gasteiger partial charge in [-0.25, -0.2) is 4.79 Å². The zero-order valence-electron chi connectivity index (χ0n) is 35.2. The van der Waals surface area contributed by atoms with Crippen LogP contribution in [0.25, 0.3) is 17.0 Å². The number of pyridine rings is 1. The van der Waals surface area contributed by atoms with E-state index in [0.29, 0.717) is 6.42 Å². The van der Waals surface area contributed by atoms with Crippen LogP contribution >= 0.6 is 0 Å². The highest BCUT2D eigenvalue weighted by atomic mass is 16.8. The summed E-state index contributed by atoms with van der Waals surface area (Å²) >= 11 is 0. The van der Waals surface area contributed by atoms with Crippen LogP contribution in [-0.4, -0.2) is 125 Å². The van der Waals surface area contributed by atoms with Crippen molar-refractivity contribution in [1.29, 1.82) is 0 Å². The number of rotatable bonds is 9. The molecular weight excluding hydrogens is 734 g/mol. The average Bonchev–Trinajstić information content (AvgIpc) is 3.45. The first kappa shape index (κ1) is 44.3. The number of nitrogens with zero attached hydrogens (tertiary/aromatic N) is 3. The molecule has 314 valence electrons. The van der Waals surface area contributed by atoms with Gasteiger partial charge in [0, 0.05) is 35.4 Å². The minimum atomic E-state index is -1.49. The normalized spacial score (nSPS) is 37.4. The maximum Gasteiger partial charge on any atom is 0.435 e. The van der Waals surface area contributed by atoms with Crippen LogP contribution in [0.5, 0.6) is 0 Å². The molecule has 1 aromatic heterocycles. The summed E-state index contributed by atoms with van der Waals surface area (Å²) < 4.78 is 31.6. The van der Waals surface area contributed by atoms with Crippen LogP contribution in [0, 0.1) is 23.7 Å². The number of cyclic esters (lactones) is 1. The topological polar surface area (TPSA) is 163 Å². The van der Waals surface area contributed by atoms with Crippen molar-refractivity contribution in [2.45, 2.75) is 129 Å². The van der Waals surface area contributed by atoms with Gasteiger partial charge in [0.05, 0.1) is 37.0 Å². The second-order valence-electron chi connectivity index (χ2n) is 16.7. The van der Waals surface area contributed by atoms with Gasteiger partial charge < -0.3 is 33.7 Å². The van der Waals surface area contributed by atoms with Crippen LogP contribution < -0.4 is 0 Å². The summed E-state index contributed by atoms with van der Waals surface area (Å²) in [5, 5.41) is 13.6. The smallest absolute Gasteiger partial charge is 0.435 e. The molecule has 57 heavy (non-hydrogen) atoms. The number of aliphatic hydroxyl groups is 1. The molecule has 3 fully saturated rings. The fourth-order valence-electron chi connectivity index (χ4n) is 9.05. The Kier molecular flexibility index (Phi) is 14.0. The molecule has 1 aromatic carbocycles. The maximum absolute atomic E-state index is 14.6. The number of Topliss-reactive ketones (excluding diaryl/α,β-unsaturated/α-hetero) is 2. The first-order valence-corrected chi connectivity index (χ1v) is 20.0. The predicted molar refractivity (Wildman–Crippen MR) is 211 cm³/mol. The Morgan fingerprint density at radius 1 is 1.04 bits per heavy atom. The number of carbonyl (C=O) groups is 4. The highest BCUT2D eigenvalue weighted by Crippen LogP contribution is 2.43. The van der Waals surface area contributed by atoms with E-state index in [-0.39, 0.29) is 37.4 Å². The van der Waals surface area contributed by atoms with Crippen molar-refractivity contribution in [3.05, 3.63) is 48.2 Å². The van der Waals surface area contributed by atoms with E-state index in [1.165, 1.54) is 14.0 Å². The SMILES string of the molecule is CC[C@H]1OC(=O)[C@H](C)C(=O)[C@H](C)[C@@H](O[C@@H]2O[C@H](C)C[C@H](N(C)C)[C@H]2O)[C@](C)(OC/C=C/c2cnc3ccccc3c2)C[C@@H](C)C(=O)[C@H](C)[C@H]2N(OC)C(=O)O[C@]12C. The molecule has 0 aliphatic carbocycles. The number of ketones is 2. The Balaban J connectivity index is 1.58. The third kappa shape index (κ3) is 9.11. The zero-order chi connectivity index (χ0) is 42.0. The van der Waals surface area contributed by atoms with Crippen molar-refractivity contribution in [1.82, 2.24) is 14.9 Å². The molecule has 3 saturated heterocycles. The molecule has 0 unspecified atom stereocenters. The van der Waals surface area contributed by atoms with Crippen molar-refractivity contribution in [2.24, 2.45) is 23.7 Å². The molecule has 14 heteroatoms. The Labute approximate surface area is 336 Å². The summed E-state index contributed by atoms with van der Waals surface area (Å²) in [4.78, 5) is 68.2. The van der Waals surface area contributed by atoms with E-state index in [1.54, 1.807) is 47.7 Å². The summed E-state index contributed by atoms with van der Waals surface area (Å²) in [6, 6.07) is 8.51. The minimum Gasteiger partial charge on any atom is -0.457 e. The lowest BCUT2D eigenvalue weighted by atomic mass is 9.73. The highest BCUT2D eigenvalue weighted by Gasteiger charge is 2.61. The van der Waals surface area contributed by atoms with E-state index in [4.69, 9.17) is 28.5 Å². The van der Waals surface area contributed by atoms with Crippen LogP contribution in [0.1, 0.15) is 80.2 Å². The van der Waals surface area contributed by atoms with E-state index < -0.39 is 83.4 Å². The number of likely N-dealkylation sites (N-methyl/N-ethyl adjacent to an activating group) is 1. The van der Waals surface area contributed by atoms with Crippen molar-refractivity contribution in [2.75, 3.05) is 27.8 Å². The first-order valence-electron chi connectivity index (χ1n) is 20.0. The number of aliphatic hydroxyl groups excluding tert-OH is 1. The Morgan fingerprint density at radius 3 is 2.40 bits per heavy atom. The van der Waals surface area contributed by atoms with Crippen molar-refractivity contribution >= 4 is 40.6 Å². The summed E-state index contributed by atoms with van der Waals surface area (Å²) in [5.41, 5.74) is -1.17. The van der Waals surface area contributed by atoms with Gasteiger partial charge in [0.2, 0.25) is 0 Å². The van der Waals surface area contributed by atoms with E-state index in [1.807, 2.05) is 68.4 Å². The lowest BCUT2D eigenvalue weighted by molar-refractivity contribution is -0.296. The summed E-state index contributed by atoms with van der Waals surface area (Å²) in [5.74, 6) is -5.43. The summed E-state index contributed by atoms with van der Waals surface area (Å²) in [7, 11) is 5.04. The fraction of sp³-hybridized carbons (Fsp3) is 0.651. The maximum atomic E-state index is 14.6. The van der Waals surface area contributed by atoms with E-state index in [2.05, 4.69) is 4.98 Å². The number of hydrogen-bond acceptors (Lipinski definition) is 13. The zero-order valence-corrected chi connectivity index (χ0v) is 35.2. The number of fused-ring (bicyclic) bond motifs is 2. The minimum absolute atomic E-state index is 0.0433. The van der Waals surface area contributed by atoms with Crippen LogP contribution in [0.2, 0.25) is 0 Å². The Morgan fingerprint density at radius 2 is 1.74 bits per heavy atom. The second-order valence-corrected chi connectivity index (χ2v) is 16.7. The quantitative estimate of drug-likeness (QED) is 0.255. The molecule has 1 amide bonds. The molecular formula is C43H61N3O11. The monoisotopic (exact) mass is 795 g/mol. The molecule has 3 aliphatic heterocycles. The average molecular weight is 796 g/mol. The van der Waals surface area contributed by atoms with Gasteiger partial charge in [-0.1, -0.05) is 58.0 Å². The predicted octanol–water partition coefficient (Wildman–Crippen LogP) is 5.38. The first-order chi connectivity index (χ1) is 26.9. The van der Waals surface area contributed by atoms with Gasteiger partial charge in [-0.05, 0) is 78.7 Å². The van der Waals surface area contributed by atoms with Crippen LogP contribution in [-0.2, 0) is 42.9 Å². The van der Waals surface area contributed by atoms with Crippen LogP contribution in [0.3, 0.4) is 0 Å². The van der Waals surface area contributed by atoms with E-state index >= 15 is 0 Å². The van der Waals surface area contributed by atoms with E-state index in [9.17, 15) is 24.3 Å². The highest BCUT2D eigenvalue weighted by molar-refractivity contribution is 6.00. The number of amides is 1. The Bertz CT molecular complexity index is 1800. The third-order valence-corrected chi connectivity index (χ3v) is 12.2. The van der Waals surface area contributed by atoms with Gasteiger partial charge in [-0.15, -0.1) is 0 Å². The van der Waals surface area contributed by atoms with Gasteiger partial charge in [-0.3, -0.25) is 24.2 Å². The molecule has 14 nitrogen and oxygen atoms in total. The molecule has 3 aliphatic rings. The number of benzene rings is 1. The fourth-order valence-corrected chi connectivity index (χ4v) is 9.05. The van der Waals surface area contributed by atoms with Gasteiger partial charge in [0.25, 0.3) is 0 Å². The summed E-state index contributed by atoms with van der Waals surface area (Å²) in [6.07, 6.45) is 0.767. The lowest BCUT2D eigenvalue weighted by Gasteiger charge is -2.47. The second kappa shape index (κ2) is 18.0. The molecule has 13 atom stereocenters. The van der Waals surface area contributed by atoms with Gasteiger partial charge in [-0.2, -0.15) is 5.06 Å². The van der Waals surface area contributed by atoms with Gasteiger partial charge in [0.1, 0.15) is 30.0 Å². The summed E-state index contributed by atoms with van der Waals surface area (Å²) in [6.45, 7) is 13.7. The molecule has 4 heterocycles. The molecule has 1 N–H and O–H groups in total. The number of esters is 1. The van der Waals surface area contributed by atoms with E-state index in [0.717, 1.165) is 21.5 Å².